The van der Waals surface area contributed by atoms with Gasteiger partial charge in [-0.15, -0.1) is 0 Å². The first-order valence-electron chi connectivity index (χ1n) is 9.95. The molecule has 0 N–H and O–H groups in total. The van der Waals surface area contributed by atoms with E-state index in [1.807, 2.05) is 24.0 Å². The summed E-state index contributed by atoms with van der Waals surface area (Å²) in [5, 5.41) is 0. The number of nitrogens with zero attached hydrogens (tertiary/aromatic N) is 6. The quantitative estimate of drug-likeness (QED) is 0.577. The van der Waals surface area contributed by atoms with E-state index in [4.69, 9.17) is 4.74 Å². The van der Waals surface area contributed by atoms with Gasteiger partial charge in [-0.05, 0) is 13.0 Å². The number of anilines is 1. The van der Waals surface area contributed by atoms with Crippen molar-refractivity contribution in [2.75, 3.05) is 29.6 Å². The van der Waals surface area contributed by atoms with Gasteiger partial charge < -0.3 is 9.64 Å². The van der Waals surface area contributed by atoms with Gasteiger partial charge in [-0.2, -0.15) is 16.2 Å². The van der Waals surface area contributed by atoms with Crippen molar-refractivity contribution in [2.45, 2.75) is 19.4 Å². The minimum atomic E-state index is -0.531. The van der Waals surface area contributed by atoms with Crippen LogP contribution in [0.2, 0.25) is 0 Å². The first kappa shape index (κ1) is 19.2. The number of rotatable bonds is 5. The van der Waals surface area contributed by atoms with Gasteiger partial charge in [-0.1, -0.05) is 0 Å². The molecule has 2 aliphatic heterocycles. The molecule has 0 bridgehead atoms. The SMILES string of the molecule is CC1c2cnc(-c3ncccn3)nc2CCN1c1cc(OCC2CSC2)cc(F)n1. The molecule has 1 saturated heterocycles. The lowest BCUT2D eigenvalue weighted by atomic mass is 9.99. The standard InChI is InChI=1S/C21H21FN6OS/c1-13-16-9-25-21(20-23-4-2-5-24-20)26-17(16)3-6-28(13)19-8-15(7-18(22)27-19)29-10-14-11-30-12-14/h2,4-5,7-9,13-14H,3,6,10-12H2,1H3. The Kier molecular flexibility index (Phi) is 5.20. The molecule has 3 aromatic heterocycles. The monoisotopic (exact) mass is 424 g/mol. The first-order valence-corrected chi connectivity index (χ1v) is 11.1. The Labute approximate surface area is 178 Å². The Morgan fingerprint density at radius 1 is 1.13 bits per heavy atom. The summed E-state index contributed by atoms with van der Waals surface area (Å²) in [6, 6.07) is 4.90. The van der Waals surface area contributed by atoms with E-state index in [1.165, 1.54) is 6.07 Å². The zero-order chi connectivity index (χ0) is 20.5. The normalized spacial score (nSPS) is 18.6. The van der Waals surface area contributed by atoms with Crippen LogP contribution in [0.4, 0.5) is 10.2 Å². The Hall–Kier alpha value is -2.81. The van der Waals surface area contributed by atoms with Crippen molar-refractivity contribution in [1.29, 1.82) is 0 Å². The van der Waals surface area contributed by atoms with Gasteiger partial charge in [0.1, 0.15) is 11.6 Å². The molecule has 9 heteroatoms. The topological polar surface area (TPSA) is 76.9 Å². The third-order valence-electron chi connectivity index (χ3n) is 5.41. The second kappa shape index (κ2) is 8.14. The molecule has 1 fully saturated rings. The van der Waals surface area contributed by atoms with E-state index in [0.717, 1.165) is 22.8 Å². The van der Waals surface area contributed by atoms with Gasteiger partial charge in [-0.25, -0.2) is 24.9 Å². The molecule has 0 aromatic carbocycles. The van der Waals surface area contributed by atoms with E-state index in [2.05, 4.69) is 36.7 Å². The number of fused-ring (bicyclic) bond motifs is 1. The van der Waals surface area contributed by atoms with Crippen molar-refractivity contribution in [1.82, 2.24) is 24.9 Å². The zero-order valence-corrected chi connectivity index (χ0v) is 17.3. The molecule has 3 aromatic rings. The van der Waals surface area contributed by atoms with Gasteiger partial charge in [0.15, 0.2) is 11.6 Å². The van der Waals surface area contributed by atoms with Crippen molar-refractivity contribution in [2.24, 2.45) is 5.92 Å². The molecule has 1 atom stereocenters. The third kappa shape index (κ3) is 3.81. The highest BCUT2D eigenvalue weighted by Gasteiger charge is 2.28. The average Bonchev–Trinajstić information content (AvgIpc) is 2.73. The molecule has 30 heavy (non-hydrogen) atoms. The minimum absolute atomic E-state index is 0.0373. The highest BCUT2D eigenvalue weighted by atomic mass is 32.2. The lowest BCUT2D eigenvalue weighted by Gasteiger charge is -2.35. The second-order valence-corrected chi connectivity index (χ2v) is 8.56. The van der Waals surface area contributed by atoms with Gasteiger partial charge in [0.25, 0.3) is 0 Å². The summed E-state index contributed by atoms with van der Waals surface area (Å²) in [7, 11) is 0. The predicted octanol–water partition coefficient (Wildman–Crippen LogP) is 3.33. The number of pyridine rings is 1. The molecule has 0 spiro atoms. The molecule has 0 aliphatic carbocycles. The summed E-state index contributed by atoms with van der Waals surface area (Å²) in [6.07, 6.45) is 5.87. The molecule has 5 heterocycles. The fraction of sp³-hybridized carbons (Fsp3) is 0.381. The molecule has 5 rings (SSSR count). The highest BCUT2D eigenvalue weighted by Crippen LogP contribution is 2.34. The number of hydrogen-bond donors (Lipinski definition) is 0. The van der Waals surface area contributed by atoms with Crippen molar-refractivity contribution in [3.8, 4) is 17.4 Å². The van der Waals surface area contributed by atoms with Crippen molar-refractivity contribution < 1.29 is 9.13 Å². The number of thioether (sulfide) groups is 1. The zero-order valence-electron chi connectivity index (χ0n) is 16.5. The van der Waals surface area contributed by atoms with Gasteiger partial charge in [0.05, 0.1) is 18.3 Å². The minimum Gasteiger partial charge on any atom is -0.493 e. The summed E-state index contributed by atoms with van der Waals surface area (Å²) in [5.74, 6) is 4.36. The van der Waals surface area contributed by atoms with E-state index in [9.17, 15) is 4.39 Å². The Balaban J connectivity index is 1.38. The van der Waals surface area contributed by atoms with Crippen LogP contribution in [0.1, 0.15) is 24.2 Å². The largest absolute Gasteiger partial charge is 0.493 e. The predicted molar refractivity (Wildman–Crippen MR) is 113 cm³/mol. The van der Waals surface area contributed by atoms with Gasteiger partial charge in [-0.3, -0.25) is 0 Å². The van der Waals surface area contributed by atoms with E-state index in [0.29, 0.717) is 48.7 Å². The molecule has 0 amide bonds. The summed E-state index contributed by atoms with van der Waals surface area (Å²) < 4.78 is 20.0. The fourth-order valence-electron chi connectivity index (χ4n) is 3.68. The van der Waals surface area contributed by atoms with Crippen LogP contribution >= 0.6 is 11.8 Å². The maximum absolute atomic E-state index is 14.2. The summed E-state index contributed by atoms with van der Waals surface area (Å²) in [5.41, 5.74) is 1.97. The van der Waals surface area contributed by atoms with Crippen LogP contribution in [0.3, 0.4) is 0 Å². The van der Waals surface area contributed by atoms with Crippen molar-refractivity contribution in [3.05, 3.63) is 54.0 Å². The van der Waals surface area contributed by atoms with Crippen molar-refractivity contribution in [3.63, 3.8) is 0 Å². The van der Waals surface area contributed by atoms with Crippen LogP contribution in [-0.4, -0.2) is 49.6 Å². The smallest absolute Gasteiger partial charge is 0.218 e. The van der Waals surface area contributed by atoms with Crippen LogP contribution in [0, 0.1) is 11.9 Å². The van der Waals surface area contributed by atoms with Crippen LogP contribution in [-0.2, 0) is 6.42 Å². The van der Waals surface area contributed by atoms with Crippen LogP contribution < -0.4 is 9.64 Å². The summed E-state index contributed by atoms with van der Waals surface area (Å²) in [4.78, 5) is 23.8. The maximum atomic E-state index is 14.2. The van der Waals surface area contributed by atoms with Crippen LogP contribution in [0.5, 0.6) is 5.75 Å². The fourth-order valence-corrected chi connectivity index (χ4v) is 4.45. The molecule has 0 saturated carbocycles. The Bertz CT molecular complexity index is 1050. The number of halogens is 1. The highest BCUT2D eigenvalue weighted by molar-refractivity contribution is 8.00. The number of ether oxygens (including phenoxy) is 1. The Morgan fingerprint density at radius 3 is 2.73 bits per heavy atom. The molecule has 0 radical (unpaired) electrons. The average molecular weight is 425 g/mol. The lowest BCUT2D eigenvalue weighted by molar-refractivity contribution is 0.268. The second-order valence-electron chi connectivity index (χ2n) is 7.49. The molecule has 2 aliphatic rings. The van der Waals surface area contributed by atoms with Crippen LogP contribution in [0.25, 0.3) is 11.6 Å². The molecule has 154 valence electrons. The molecular weight excluding hydrogens is 403 g/mol. The molecular formula is C21H21FN6OS. The van der Waals surface area contributed by atoms with Crippen LogP contribution in [0.15, 0.2) is 36.8 Å². The van der Waals surface area contributed by atoms with Gasteiger partial charge >= 0.3 is 0 Å². The maximum Gasteiger partial charge on any atom is 0.218 e. The van der Waals surface area contributed by atoms with Gasteiger partial charge in [0, 0.05) is 66.7 Å². The third-order valence-corrected chi connectivity index (χ3v) is 6.83. The molecule has 1 unspecified atom stereocenters. The lowest BCUT2D eigenvalue weighted by Crippen LogP contribution is -2.35. The molecule has 7 nitrogen and oxygen atoms in total. The van der Waals surface area contributed by atoms with Gasteiger partial charge in [0.2, 0.25) is 5.95 Å². The number of hydrogen-bond acceptors (Lipinski definition) is 8. The van der Waals surface area contributed by atoms with E-state index >= 15 is 0 Å². The summed E-state index contributed by atoms with van der Waals surface area (Å²) >= 11 is 1.91. The number of aromatic nitrogens is 5. The Morgan fingerprint density at radius 2 is 1.97 bits per heavy atom. The van der Waals surface area contributed by atoms with E-state index in [1.54, 1.807) is 18.5 Å². The summed E-state index contributed by atoms with van der Waals surface area (Å²) in [6.45, 7) is 3.35. The van der Waals surface area contributed by atoms with E-state index in [-0.39, 0.29) is 6.04 Å². The first-order chi connectivity index (χ1) is 14.7. The van der Waals surface area contributed by atoms with Crippen molar-refractivity contribution >= 4 is 17.6 Å². The van der Waals surface area contributed by atoms with E-state index < -0.39 is 5.95 Å².